The van der Waals surface area contributed by atoms with Crippen LogP contribution >= 0.6 is 11.6 Å². The number of hydrogen-bond donors (Lipinski definition) is 0. The van der Waals surface area contributed by atoms with Crippen molar-refractivity contribution in [2.45, 2.75) is 20.4 Å². The van der Waals surface area contributed by atoms with Gasteiger partial charge in [-0.05, 0) is 31.5 Å². The van der Waals surface area contributed by atoms with E-state index in [4.69, 9.17) is 11.6 Å². The summed E-state index contributed by atoms with van der Waals surface area (Å²) in [6.07, 6.45) is 1.76. The Balaban J connectivity index is 2.27. The quantitative estimate of drug-likeness (QED) is 0.785. The van der Waals surface area contributed by atoms with Crippen molar-refractivity contribution in [3.63, 3.8) is 0 Å². The number of imidazole rings is 1. The number of hydrogen-bond acceptors (Lipinski definition) is 1. The molecule has 1 heterocycles. The minimum absolute atomic E-state index is 0.155. The molecular weight excluding hydrogens is 227 g/mol. The molecule has 0 aliphatic carbocycles. The molecule has 0 bridgehead atoms. The van der Waals surface area contributed by atoms with E-state index in [1.54, 1.807) is 12.4 Å². The molecule has 16 heavy (non-hydrogen) atoms. The molecule has 2 aromatic rings. The summed E-state index contributed by atoms with van der Waals surface area (Å²) in [5.74, 6) is -0.381. The highest BCUT2D eigenvalue weighted by Crippen LogP contribution is 2.17. The van der Waals surface area contributed by atoms with Crippen molar-refractivity contribution in [2.24, 2.45) is 0 Å². The Kier molecular flexibility index (Phi) is 2.97. The second kappa shape index (κ2) is 4.26. The Morgan fingerprint density at radius 2 is 2.12 bits per heavy atom. The van der Waals surface area contributed by atoms with Crippen LogP contribution in [-0.4, -0.2) is 9.55 Å². The van der Waals surface area contributed by atoms with Crippen LogP contribution in [0.25, 0.3) is 0 Å². The van der Waals surface area contributed by atoms with E-state index in [9.17, 15) is 4.39 Å². The van der Waals surface area contributed by atoms with Crippen molar-refractivity contribution < 1.29 is 4.39 Å². The molecule has 1 aromatic heterocycles. The average Bonchev–Trinajstić information content (AvgIpc) is 2.55. The summed E-state index contributed by atoms with van der Waals surface area (Å²) in [5.41, 5.74) is 2.96. The van der Waals surface area contributed by atoms with Crippen LogP contribution < -0.4 is 0 Å². The highest BCUT2D eigenvalue weighted by Gasteiger charge is 2.05. The lowest BCUT2D eigenvalue weighted by molar-refractivity contribution is 0.623. The van der Waals surface area contributed by atoms with Gasteiger partial charge in [0.1, 0.15) is 5.82 Å². The predicted octanol–water partition coefficient (Wildman–Crippen LogP) is 3.34. The average molecular weight is 239 g/mol. The first-order valence-corrected chi connectivity index (χ1v) is 5.38. The van der Waals surface area contributed by atoms with Gasteiger partial charge in [0.2, 0.25) is 0 Å². The van der Waals surface area contributed by atoms with Crippen LogP contribution in [0.4, 0.5) is 4.39 Å². The molecule has 0 saturated carbocycles. The van der Waals surface area contributed by atoms with E-state index in [-0.39, 0.29) is 10.8 Å². The summed E-state index contributed by atoms with van der Waals surface area (Å²) < 4.78 is 15.2. The van der Waals surface area contributed by atoms with Gasteiger partial charge >= 0.3 is 0 Å². The number of aromatic nitrogens is 2. The van der Waals surface area contributed by atoms with Crippen molar-refractivity contribution in [3.8, 4) is 0 Å². The van der Waals surface area contributed by atoms with Gasteiger partial charge in [0.15, 0.2) is 0 Å². The first-order valence-electron chi connectivity index (χ1n) is 5.00. The Labute approximate surface area is 98.7 Å². The molecule has 0 N–H and O–H groups in total. The van der Waals surface area contributed by atoms with Crippen molar-refractivity contribution in [3.05, 3.63) is 52.3 Å². The van der Waals surface area contributed by atoms with Crippen LogP contribution in [0.1, 0.15) is 17.0 Å². The Morgan fingerprint density at radius 3 is 2.69 bits per heavy atom. The zero-order valence-corrected chi connectivity index (χ0v) is 9.92. The van der Waals surface area contributed by atoms with Crippen LogP contribution in [0, 0.1) is 19.7 Å². The summed E-state index contributed by atoms with van der Waals surface area (Å²) in [5, 5.41) is 0.155. The van der Waals surface area contributed by atoms with Gasteiger partial charge in [-0.25, -0.2) is 9.37 Å². The fraction of sp³-hybridized carbons (Fsp3) is 0.250. The van der Waals surface area contributed by atoms with Crippen molar-refractivity contribution in [1.82, 2.24) is 9.55 Å². The molecular formula is C12H12ClFN2. The Morgan fingerprint density at radius 1 is 1.38 bits per heavy atom. The highest BCUT2D eigenvalue weighted by atomic mass is 35.5. The Hall–Kier alpha value is -1.35. The fourth-order valence-electron chi connectivity index (χ4n) is 1.54. The molecule has 2 rings (SSSR count). The molecule has 84 valence electrons. The van der Waals surface area contributed by atoms with Crippen LogP contribution in [0.3, 0.4) is 0 Å². The smallest absolute Gasteiger partial charge is 0.142 e. The molecule has 1 aromatic carbocycles. The van der Waals surface area contributed by atoms with E-state index in [2.05, 4.69) is 4.98 Å². The molecule has 0 aliphatic heterocycles. The molecule has 0 atom stereocenters. The second-order valence-corrected chi connectivity index (χ2v) is 4.20. The van der Waals surface area contributed by atoms with Crippen molar-refractivity contribution >= 4 is 11.6 Å². The first kappa shape index (κ1) is 11.1. The standard InChI is InChI=1S/C12H12ClFN2/c1-8-9(2)16(7-15-8)6-10-3-4-11(13)12(14)5-10/h3-5,7H,6H2,1-2H3. The Bertz CT molecular complexity index is 520. The summed E-state index contributed by atoms with van der Waals surface area (Å²) >= 11 is 5.62. The molecule has 0 aliphatic rings. The molecule has 2 nitrogen and oxygen atoms in total. The maximum absolute atomic E-state index is 13.2. The van der Waals surface area contributed by atoms with Gasteiger partial charge in [0.25, 0.3) is 0 Å². The number of rotatable bonds is 2. The number of nitrogens with zero attached hydrogens (tertiary/aromatic N) is 2. The van der Waals surface area contributed by atoms with E-state index in [1.807, 2.05) is 24.5 Å². The van der Waals surface area contributed by atoms with E-state index >= 15 is 0 Å². The lowest BCUT2D eigenvalue weighted by atomic mass is 10.2. The minimum atomic E-state index is -0.381. The minimum Gasteiger partial charge on any atom is -0.330 e. The summed E-state index contributed by atoms with van der Waals surface area (Å²) in [4.78, 5) is 4.20. The molecule has 0 radical (unpaired) electrons. The third-order valence-electron chi connectivity index (χ3n) is 2.68. The SMILES string of the molecule is Cc1ncn(Cc2ccc(Cl)c(F)c2)c1C. The molecule has 0 amide bonds. The summed E-state index contributed by atoms with van der Waals surface area (Å²) in [6.45, 7) is 4.56. The summed E-state index contributed by atoms with van der Waals surface area (Å²) in [7, 11) is 0. The third-order valence-corrected chi connectivity index (χ3v) is 2.99. The van der Waals surface area contributed by atoms with Gasteiger partial charge in [-0.15, -0.1) is 0 Å². The van der Waals surface area contributed by atoms with Gasteiger partial charge in [0.05, 0.1) is 17.0 Å². The van der Waals surface area contributed by atoms with Gasteiger partial charge in [0, 0.05) is 12.2 Å². The highest BCUT2D eigenvalue weighted by molar-refractivity contribution is 6.30. The van der Waals surface area contributed by atoms with Crippen LogP contribution in [0.2, 0.25) is 5.02 Å². The van der Waals surface area contributed by atoms with Crippen molar-refractivity contribution in [1.29, 1.82) is 0 Å². The largest absolute Gasteiger partial charge is 0.330 e. The second-order valence-electron chi connectivity index (χ2n) is 3.79. The molecule has 0 fully saturated rings. The fourth-order valence-corrected chi connectivity index (χ4v) is 1.66. The zero-order valence-electron chi connectivity index (χ0n) is 9.17. The number of benzene rings is 1. The third kappa shape index (κ3) is 2.09. The number of halogens is 2. The molecule has 0 spiro atoms. The predicted molar refractivity (Wildman–Crippen MR) is 62.2 cm³/mol. The van der Waals surface area contributed by atoms with Gasteiger partial charge < -0.3 is 4.57 Å². The monoisotopic (exact) mass is 238 g/mol. The normalized spacial score (nSPS) is 10.8. The van der Waals surface area contributed by atoms with Crippen LogP contribution in [0.15, 0.2) is 24.5 Å². The lowest BCUT2D eigenvalue weighted by Gasteiger charge is -2.06. The van der Waals surface area contributed by atoms with E-state index in [0.717, 1.165) is 17.0 Å². The van der Waals surface area contributed by atoms with E-state index < -0.39 is 0 Å². The van der Waals surface area contributed by atoms with Crippen LogP contribution in [0.5, 0.6) is 0 Å². The van der Waals surface area contributed by atoms with Crippen molar-refractivity contribution in [2.75, 3.05) is 0 Å². The van der Waals surface area contributed by atoms with E-state index in [1.165, 1.54) is 6.07 Å². The molecule has 0 unspecified atom stereocenters. The lowest BCUT2D eigenvalue weighted by Crippen LogP contribution is -2.01. The zero-order chi connectivity index (χ0) is 11.7. The van der Waals surface area contributed by atoms with Crippen LogP contribution in [-0.2, 0) is 6.54 Å². The maximum Gasteiger partial charge on any atom is 0.142 e. The number of aryl methyl sites for hydroxylation is 1. The van der Waals surface area contributed by atoms with Gasteiger partial charge in [-0.3, -0.25) is 0 Å². The summed E-state index contributed by atoms with van der Waals surface area (Å²) in [6, 6.07) is 4.85. The topological polar surface area (TPSA) is 17.8 Å². The maximum atomic E-state index is 13.2. The van der Waals surface area contributed by atoms with Gasteiger partial charge in [-0.1, -0.05) is 17.7 Å². The van der Waals surface area contributed by atoms with E-state index in [0.29, 0.717) is 6.54 Å². The first-order chi connectivity index (χ1) is 7.58. The molecule has 4 heteroatoms. The molecule has 0 saturated heterocycles. The van der Waals surface area contributed by atoms with Gasteiger partial charge in [-0.2, -0.15) is 0 Å².